The van der Waals surface area contributed by atoms with Gasteiger partial charge in [-0.15, -0.1) is 0 Å². The lowest BCUT2D eigenvalue weighted by Gasteiger charge is -2.47. The second-order valence-corrected chi connectivity index (χ2v) is 6.99. The van der Waals surface area contributed by atoms with Crippen LogP contribution in [0.25, 0.3) is 0 Å². The van der Waals surface area contributed by atoms with E-state index in [0.717, 1.165) is 32.4 Å². The van der Waals surface area contributed by atoms with Crippen molar-refractivity contribution in [2.45, 2.75) is 70.1 Å². The first-order chi connectivity index (χ1) is 9.30. The van der Waals surface area contributed by atoms with E-state index >= 15 is 0 Å². The lowest BCUT2D eigenvalue weighted by molar-refractivity contribution is -0.141. The van der Waals surface area contributed by atoms with Crippen LogP contribution in [0.3, 0.4) is 0 Å². The van der Waals surface area contributed by atoms with E-state index in [2.05, 4.69) is 24.1 Å². The van der Waals surface area contributed by atoms with Gasteiger partial charge in [0.15, 0.2) is 0 Å². The van der Waals surface area contributed by atoms with Crippen molar-refractivity contribution in [2.24, 2.45) is 5.92 Å². The molecule has 1 unspecified atom stereocenters. The van der Waals surface area contributed by atoms with Gasteiger partial charge in [-0.05, 0) is 25.2 Å². The van der Waals surface area contributed by atoms with Crippen LogP contribution in [0.2, 0.25) is 0 Å². The number of nitrogens with one attached hydrogen (secondary N) is 1. The lowest BCUT2D eigenvalue weighted by Crippen LogP contribution is -2.63. The Morgan fingerprint density at radius 3 is 2.45 bits per heavy atom. The Kier molecular flexibility index (Phi) is 5.00. The van der Waals surface area contributed by atoms with Gasteiger partial charge >= 0.3 is 6.18 Å². The number of nitrogens with zero attached hydrogens (tertiary/aromatic N) is 1. The summed E-state index contributed by atoms with van der Waals surface area (Å²) in [4.78, 5) is 2.11. The van der Waals surface area contributed by atoms with E-state index in [-0.39, 0.29) is 18.1 Å². The van der Waals surface area contributed by atoms with Gasteiger partial charge in [0.25, 0.3) is 0 Å². The SMILES string of the molecule is CC(C)CC1CNC2(CCCC2)CN1CCC(F)(F)F. The van der Waals surface area contributed by atoms with Crippen LogP contribution < -0.4 is 5.32 Å². The molecule has 0 bridgehead atoms. The maximum absolute atomic E-state index is 12.5. The molecule has 2 nitrogen and oxygen atoms in total. The van der Waals surface area contributed by atoms with Gasteiger partial charge in [0, 0.05) is 31.2 Å². The second-order valence-electron chi connectivity index (χ2n) is 6.99. The van der Waals surface area contributed by atoms with Crippen molar-refractivity contribution in [3.63, 3.8) is 0 Å². The van der Waals surface area contributed by atoms with E-state index in [0.29, 0.717) is 5.92 Å². The van der Waals surface area contributed by atoms with Gasteiger partial charge in [-0.1, -0.05) is 26.7 Å². The molecule has 0 radical (unpaired) electrons. The molecule has 1 spiro atoms. The van der Waals surface area contributed by atoms with Crippen molar-refractivity contribution in [3.8, 4) is 0 Å². The molecular formula is C15H27F3N2. The molecule has 1 N–H and O–H groups in total. The summed E-state index contributed by atoms with van der Waals surface area (Å²) < 4.78 is 37.6. The molecule has 2 fully saturated rings. The summed E-state index contributed by atoms with van der Waals surface area (Å²) in [5.74, 6) is 0.521. The van der Waals surface area contributed by atoms with Crippen molar-refractivity contribution < 1.29 is 13.2 Å². The Bertz CT molecular complexity index is 309. The minimum atomic E-state index is -4.05. The molecule has 118 valence electrons. The molecule has 5 heteroatoms. The third kappa shape index (κ3) is 4.35. The Labute approximate surface area is 120 Å². The summed E-state index contributed by atoms with van der Waals surface area (Å²) in [5, 5.41) is 3.65. The number of piperazine rings is 1. The average Bonchev–Trinajstić information content (AvgIpc) is 2.77. The van der Waals surface area contributed by atoms with E-state index in [4.69, 9.17) is 0 Å². The van der Waals surface area contributed by atoms with Gasteiger partial charge in [-0.3, -0.25) is 4.90 Å². The van der Waals surface area contributed by atoms with E-state index < -0.39 is 12.6 Å². The van der Waals surface area contributed by atoms with Crippen molar-refractivity contribution in [1.82, 2.24) is 10.2 Å². The summed E-state index contributed by atoms with van der Waals surface area (Å²) in [6.07, 6.45) is 0.881. The molecular weight excluding hydrogens is 265 g/mol. The molecule has 2 aliphatic rings. The molecule has 20 heavy (non-hydrogen) atoms. The Hall–Kier alpha value is -0.290. The number of hydrogen-bond acceptors (Lipinski definition) is 2. The van der Waals surface area contributed by atoms with Crippen LogP contribution in [0, 0.1) is 5.92 Å². The first-order valence-electron chi connectivity index (χ1n) is 7.85. The van der Waals surface area contributed by atoms with Gasteiger partial charge < -0.3 is 5.32 Å². The number of rotatable bonds is 4. The number of hydrogen-bond donors (Lipinski definition) is 1. The normalized spacial score (nSPS) is 27.6. The standard InChI is InChI=1S/C15H27F3N2/c1-12(2)9-13-10-19-14(5-3-4-6-14)11-20(13)8-7-15(16,17)18/h12-13,19H,3-11H2,1-2H3. The van der Waals surface area contributed by atoms with Crippen LogP contribution in [0.5, 0.6) is 0 Å². The van der Waals surface area contributed by atoms with E-state index in [1.165, 1.54) is 12.8 Å². The molecule has 1 aliphatic carbocycles. The average molecular weight is 292 g/mol. The molecule has 1 saturated carbocycles. The highest BCUT2D eigenvalue weighted by molar-refractivity contribution is 5.01. The van der Waals surface area contributed by atoms with Crippen LogP contribution in [0.15, 0.2) is 0 Å². The fraction of sp³-hybridized carbons (Fsp3) is 1.00. The highest BCUT2D eigenvalue weighted by Gasteiger charge is 2.42. The zero-order valence-corrected chi connectivity index (χ0v) is 12.6. The fourth-order valence-electron chi connectivity index (χ4n) is 3.73. The van der Waals surface area contributed by atoms with E-state index in [1.807, 2.05) is 0 Å². The molecule has 1 atom stereocenters. The first kappa shape index (κ1) is 16.1. The van der Waals surface area contributed by atoms with Crippen molar-refractivity contribution >= 4 is 0 Å². The second kappa shape index (κ2) is 6.22. The van der Waals surface area contributed by atoms with E-state index in [9.17, 15) is 13.2 Å². The summed E-state index contributed by atoms with van der Waals surface area (Å²) in [6, 6.07) is 0.253. The highest BCUT2D eigenvalue weighted by atomic mass is 19.4. The fourth-order valence-corrected chi connectivity index (χ4v) is 3.73. The van der Waals surface area contributed by atoms with Crippen molar-refractivity contribution in [3.05, 3.63) is 0 Å². The zero-order valence-electron chi connectivity index (χ0n) is 12.6. The molecule has 1 saturated heterocycles. The predicted molar refractivity (Wildman–Crippen MR) is 74.7 cm³/mol. The van der Waals surface area contributed by atoms with Gasteiger partial charge in [0.1, 0.15) is 0 Å². The van der Waals surface area contributed by atoms with Crippen molar-refractivity contribution in [2.75, 3.05) is 19.6 Å². The quantitative estimate of drug-likeness (QED) is 0.852. The van der Waals surface area contributed by atoms with Crippen LogP contribution in [-0.2, 0) is 0 Å². The summed E-state index contributed by atoms with van der Waals surface area (Å²) in [6.45, 7) is 6.07. The van der Waals surface area contributed by atoms with Crippen molar-refractivity contribution in [1.29, 1.82) is 0 Å². The number of halogens is 3. The Morgan fingerprint density at radius 1 is 1.25 bits per heavy atom. The zero-order chi connectivity index (χ0) is 14.8. The number of alkyl halides is 3. The summed E-state index contributed by atoms with van der Waals surface area (Å²) in [7, 11) is 0. The largest absolute Gasteiger partial charge is 0.390 e. The predicted octanol–water partition coefficient (Wildman–Crippen LogP) is 3.57. The maximum atomic E-state index is 12.5. The van der Waals surface area contributed by atoms with Crippen LogP contribution in [-0.4, -0.2) is 42.3 Å². The Balaban J connectivity index is 1.98. The minimum Gasteiger partial charge on any atom is -0.308 e. The van der Waals surface area contributed by atoms with Gasteiger partial charge in [0.05, 0.1) is 6.42 Å². The molecule has 1 aliphatic heterocycles. The summed E-state index contributed by atoms with van der Waals surface area (Å²) in [5.41, 5.74) is 0.0963. The molecule has 0 aromatic heterocycles. The monoisotopic (exact) mass is 292 g/mol. The molecule has 0 aromatic rings. The van der Waals surface area contributed by atoms with Crippen LogP contribution in [0.1, 0.15) is 52.4 Å². The van der Waals surface area contributed by atoms with Gasteiger partial charge in [-0.2, -0.15) is 13.2 Å². The van der Waals surface area contributed by atoms with Crippen LogP contribution >= 0.6 is 0 Å². The van der Waals surface area contributed by atoms with E-state index in [1.54, 1.807) is 0 Å². The topological polar surface area (TPSA) is 15.3 Å². The molecule has 0 amide bonds. The maximum Gasteiger partial charge on any atom is 0.390 e. The smallest absolute Gasteiger partial charge is 0.308 e. The minimum absolute atomic E-state index is 0.0963. The molecule has 1 heterocycles. The lowest BCUT2D eigenvalue weighted by atomic mass is 9.89. The molecule has 0 aromatic carbocycles. The summed E-state index contributed by atoms with van der Waals surface area (Å²) >= 11 is 0. The van der Waals surface area contributed by atoms with Gasteiger partial charge in [0.2, 0.25) is 0 Å². The van der Waals surface area contributed by atoms with Crippen LogP contribution in [0.4, 0.5) is 13.2 Å². The van der Waals surface area contributed by atoms with Gasteiger partial charge in [-0.25, -0.2) is 0 Å². The third-order valence-corrected chi connectivity index (χ3v) is 4.72. The highest BCUT2D eigenvalue weighted by Crippen LogP contribution is 2.34. The Morgan fingerprint density at radius 2 is 1.90 bits per heavy atom. The third-order valence-electron chi connectivity index (χ3n) is 4.72. The first-order valence-corrected chi connectivity index (χ1v) is 7.85. The molecule has 2 rings (SSSR count).